The predicted molar refractivity (Wildman–Crippen MR) is 109 cm³/mol. The van der Waals surface area contributed by atoms with E-state index in [0.29, 0.717) is 17.1 Å². The number of nitrogens with one attached hydrogen (secondary N) is 2. The van der Waals surface area contributed by atoms with Crippen molar-refractivity contribution >= 4 is 34.4 Å². The smallest absolute Gasteiger partial charge is 0.255 e. The zero-order valence-corrected chi connectivity index (χ0v) is 16.2. The summed E-state index contributed by atoms with van der Waals surface area (Å²) in [7, 11) is 1.38. The number of ether oxygens (including phenoxy) is 1. The second-order valence-corrected chi connectivity index (χ2v) is 7.07. The summed E-state index contributed by atoms with van der Waals surface area (Å²) in [5, 5.41) is 11.3. The lowest BCUT2D eigenvalue weighted by atomic mass is 10.1. The van der Waals surface area contributed by atoms with Crippen LogP contribution in [0.1, 0.15) is 15.9 Å². The molecule has 4 rings (SSSR count). The Balaban J connectivity index is 1.45. The molecule has 2 aromatic heterocycles. The highest BCUT2D eigenvalue weighted by Crippen LogP contribution is 2.27. The minimum absolute atomic E-state index is 0.0945. The summed E-state index contributed by atoms with van der Waals surface area (Å²) in [6.45, 7) is 0. The number of benzene rings is 2. The number of carbonyl (C=O) groups excluding carboxylic acids is 1. The quantitative estimate of drug-likeness (QED) is 0.369. The van der Waals surface area contributed by atoms with E-state index in [2.05, 4.69) is 25.5 Å². The molecule has 29 heavy (non-hydrogen) atoms. The van der Waals surface area contributed by atoms with Crippen LogP contribution in [0.15, 0.2) is 60.0 Å². The molecule has 2 aromatic carbocycles. The van der Waals surface area contributed by atoms with Crippen LogP contribution in [-0.2, 0) is 5.75 Å². The Morgan fingerprint density at radius 2 is 2.14 bits per heavy atom. The number of rotatable bonds is 6. The lowest BCUT2D eigenvalue weighted by Gasteiger charge is -2.09. The van der Waals surface area contributed by atoms with Crippen LogP contribution in [0.2, 0.25) is 0 Å². The van der Waals surface area contributed by atoms with E-state index in [-0.39, 0.29) is 11.3 Å². The Kier molecular flexibility index (Phi) is 5.39. The van der Waals surface area contributed by atoms with Crippen molar-refractivity contribution in [1.82, 2.24) is 20.2 Å². The summed E-state index contributed by atoms with van der Waals surface area (Å²) in [6, 6.07) is 11.6. The van der Waals surface area contributed by atoms with Gasteiger partial charge in [0.05, 0.1) is 18.7 Å². The zero-order valence-electron chi connectivity index (χ0n) is 15.3. The fraction of sp³-hybridized carbons (Fsp3) is 0.100. The van der Waals surface area contributed by atoms with Crippen molar-refractivity contribution in [2.45, 2.75) is 10.8 Å². The molecule has 9 heteroatoms. The molecular formula is C20H16FN5O2S. The first kappa shape index (κ1) is 18.9. The Morgan fingerprint density at radius 3 is 2.97 bits per heavy atom. The molecule has 4 aromatic rings. The molecular weight excluding hydrogens is 393 g/mol. The molecule has 0 radical (unpaired) electrons. The molecule has 0 aliphatic carbocycles. The minimum Gasteiger partial charge on any atom is -0.494 e. The topological polar surface area (TPSA) is 92.8 Å². The molecule has 0 aliphatic rings. The van der Waals surface area contributed by atoms with Crippen molar-refractivity contribution in [2.24, 2.45) is 0 Å². The number of nitrogens with zero attached hydrogens (tertiary/aromatic N) is 3. The van der Waals surface area contributed by atoms with Gasteiger partial charge in [-0.05, 0) is 35.9 Å². The number of anilines is 1. The van der Waals surface area contributed by atoms with Gasteiger partial charge in [0.25, 0.3) is 5.91 Å². The number of thioether (sulfide) groups is 1. The second kappa shape index (κ2) is 8.27. The van der Waals surface area contributed by atoms with Gasteiger partial charge in [0, 0.05) is 17.0 Å². The summed E-state index contributed by atoms with van der Waals surface area (Å²) in [5.74, 6) is -0.233. The highest BCUT2D eigenvalue weighted by atomic mass is 32.2. The molecule has 0 saturated heterocycles. The van der Waals surface area contributed by atoms with Gasteiger partial charge in [-0.1, -0.05) is 12.1 Å². The monoisotopic (exact) mass is 409 g/mol. The number of amides is 1. The van der Waals surface area contributed by atoms with Gasteiger partial charge in [-0.25, -0.2) is 14.4 Å². The maximum atomic E-state index is 13.8. The first-order chi connectivity index (χ1) is 14.1. The first-order valence-electron chi connectivity index (χ1n) is 8.65. The van der Waals surface area contributed by atoms with E-state index in [1.807, 2.05) is 18.2 Å². The SMILES string of the molecule is COc1ccc(C(=O)Nc2cccc(CSc3ncnc4[nH]ncc34)c2)cc1F. The highest BCUT2D eigenvalue weighted by molar-refractivity contribution is 7.98. The third kappa shape index (κ3) is 4.19. The van der Waals surface area contributed by atoms with Crippen LogP contribution < -0.4 is 10.1 Å². The van der Waals surface area contributed by atoms with E-state index in [1.165, 1.54) is 25.6 Å². The molecule has 2 heterocycles. The van der Waals surface area contributed by atoms with E-state index < -0.39 is 11.7 Å². The van der Waals surface area contributed by atoms with Crippen LogP contribution in [-0.4, -0.2) is 33.2 Å². The molecule has 1 amide bonds. The van der Waals surface area contributed by atoms with Crippen LogP contribution in [0.5, 0.6) is 5.75 Å². The number of H-pyrrole nitrogens is 1. The van der Waals surface area contributed by atoms with Crippen LogP contribution in [0.25, 0.3) is 11.0 Å². The van der Waals surface area contributed by atoms with Gasteiger partial charge in [0.2, 0.25) is 0 Å². The van der Waals surface area contributed by atoms with Gasteiger partial charge in [0.15, 0.2) is 17.2 Å². The molecule has 0 bridgehead atoms. The average molecular weight is 409 g/mol. The molecule has 0 atom stereocenters. The lowest BCUT2D eigenvalue weighted by molar-refractivity contribution is 0.102. The van der Waals surface area contributed by atoms with E-state index >= 15 is 0 Å². The van der Waals surface area contributed by atoms with Gasteiger partial charge in [-0.2, -0.15) is 5.10 Å². The second-order valence-electron chi connectivity index (χ2n) is 6.10. The minimum atomic E-state index is -0.583. The number of methoxy groups -OCH3 is 1. The van der Waals surface area contributed by atoms with Crippen LogP contribution in [0, 0.1) is 5.82 Å². The fourth-order valence-corrected chi connectivity index (χ4v) is 3.67. The number of aromatic amines is 1. The van der Waals surface area contributed by atoms with Crippen LogP contribution in [0.4, 0.5) is 10.1 Å². The van der Waals surface area contributed by atoms with Crippen molar-refractivity contribution in [3.63, 3.8) is 0 Å². The number of fused-ring (bicyclic) bond motifs is 1. The Hall–Kier alpha value is -3.46. The predicted octanol–water partition coefficient (Wildman–Crippen LogP) is 4.05. The van der Waals surface area contributed by atoms with Crippen molar-refractivity contribution in [3.8, 4) is 5.75 Å². The van der Waals surface area contributed by atoms with Gasteiger partial charge in [-0.3, -0.25) is 9.89 Å². The van der Waals surface area contributed by atoms with E-state index in [0.717, 1.165) is 22.0 Å². The molecule has 2 N–H and O–H groups in total. The van der Waals surface area contributed by atoms with Crippen molar-refractivity contribution < 1.29 is 13.9 Å². The molecule has 0 fully saturated rings. The first-order valence-corrected chi connectivity index (χ1v) is 9.63. The Bertz CT molecular complexity index is 1180. The average Bonchev–Trinajstić information content (AvgIpc) is 3.22. The lowest BCUT2D eigenvalue weighted by Crippen LogP contribution is -2.12. The van der Waals surface area contributed by atoms with Crippen molar-refractivity contribution in [3.05, 3.63) is 71.9 Å². The van der Waals surface area contributed by atoms with Gasteiger partial charge < -0.3 is 10.1 Å². The van der Waals surface area contributed by atoms with Crippen LogP contribution in [0.3, 0.4) is 0 Å². The Labute approximate surface area is 169 Å². The van der Waals surface area contributed by atoms with E-state index in [9.17, 15) is 9.18 Å². The van der Waals surface area contributed by atoms with Crippen molar-refractivity contribution in [1.29, 1.82) is 0 Å². The Morgan fingerprint density at radius 1 is 1.24 bits per heavy atom. The summed E-state index contributed by atoms with van der Waals surface area (Å²) in [5.41, 5.74) is 2.53. The molecule has 0 spiro atoms. The molecule has 0 saturated carbocycles. The van der Waals surface area contributed by atoms with Crippen molar-refractivity contribution in [2.75, 3.05) is 12.4 Å². The summed E-state index contributed by atoms with van der Waals surface area (Å²) >= 11 is 1.55. The molecule has 146 valence electrons. The summed E-state index contributed by atoms with van der Waals surface area (Å²) in [4.78, 5) is 20.9. The fourth-order valence-electron chi connectivity index (χ4n) is 2.76. The van der Waals surface area contributed by atoms with Crippen LogP contribution >= 0.6 is 11.8 Å². The number of halogens is 1. The highest BCUT2D eigenvalue weighted by Gasteiger charge is 2.11. The molecule has 7 nitrogen and oxygen atoms in total. The van der Waals surface area contributed by atoms with E-state index in [1.54, 1.807) is 24.0 Å². The third-order valence-corrected chi connectivity index (χ3v) is 5.26. The summed E-state index contributed by atoms with van der Waals surface area (Å²) < 4.78 is 18.7. The van der Waals surface area contributed by atoms with E-state index in [4.69, 9.17) is 4.74 Å². The maximum Gasteiger partial charge on any atom is 0.255 e. The standard InChI is InChI=1S/C20H16FN5O2S/c1-28-17-6-5-13(8-16(17)21)19(27)25-14-4-2-3-12(7-14)10-29-20-15-9-24-26-18(15)22-11-23-20/h2-9,11H,10H2,1H3,(H,25,27)(H,22,23,24,26). The number of carbonyl (C=O) groups is 1. The maximum absolute atomic E-state index is 13.8. The third-order valence-electron chi connectivity index (χ3n) is 4.19. The van der Waals surface area contributed by atoms with Gasteiger partial charge in [-0.15, -0.1) is 11.8 Å². The van der Waals surface area contributed by atoms with Gasteiger partial charge in [0.1, 0.15) is 11.4 Å². The number of hydrogen-bond acceptors (Lipinski definition) is 6. The van der Waals surface area contributed by atoms with Gasteiger partial charge >= 0.3 is 0 Å². The summed E-state index contributed by atoms with van der Waals surface area (Å²) in [6.07, 6.45) is 3.19. The zero-order chi connectivity index (χ0) is 20.2. The molecule has 0 unspecified atom stereocenters. The molecule has 0 aliphatic heterocycles. The largest absolute Gasteiger partial charge is 0.494 e. The number of aromatic nitrogens is 4. The normalized spacial score (nSPS) is 10.8. The number of hydrogen-bond donors (Lipinski definition) is 2.